The number of hydrogen-bond acceptors (Lipinski definition) is 4. The lowest BCUT2D eigenvalue weighted by Crippen LogP contribution is -2.15. The van der Waals surface area contributed by atoms with Crippen molar-refractivity contribution in [2.24, 2.45) is 0 Å². The van der Waals surface area contributed by atoms with E-state index in [4.69, 9.17) is 5.73 Å². The van der Waals surface area contributed by atoms with Gasteiger partial charge in [-0.3, -0.25) is 8.91 Å². The molecule has 0 amide bonds. The molecule has 0 fully saturated rings. The first-order valence-corrected chi connectivity index (χ1v) is 5.47. The lowest BCUT2D eigenvalue weighted by atomic mass is 10.3. The van der Waals surface area contributed by atoms with E-state index in [-0.39, 0.29) is 6.61 Å². The van der Waals surface area contributed by atoms with Crippen LogP contribution in [0.15, 0.2) is 24.3 Å². The number of rotatable bonds is 4. The molecule has 0 saturated heterocycles. The van der Waals surface area contributed by atoms with Crippen LogP contribution in [0.3, 0.4) is 0 Å². The zero-order valence-corrected chi connectivity index (χ0v) is 8.54. The third-order valence-corrected chi connectivity index (χ3v) is 2.46. The fourth-order valence-electron chi connectivity index (χ4n) is 0.880. The summed E-state index contributed by atoms with van der Waals surface area (Å²) in [5.41, 5.74) is 6.44. The SMILES string of the molecule is CCOS(=O)(=O)Nc1ccc(N)cc1. The van der Waals surface area contributed by atoms with E-state index in [0.29, 0.717) is 11.4 Å². The van der Waals surface area contributed by atoms with Crippen molar-refractivity contribution >= 4 is 21.7 Å². The van der Waals surface area contributed by atoms with Gasteiger partial charge in [-0.2, -0.15) is 8.42 Å². The Morgan fingerprint density at radius 1 is 1.36 bits per heavy atom. The summed E-state index contributed by atoms with van der Waals surface area (Å²) in [4.78, 5) is 0. The highest BCUT2D eigenvalue weighted by atomic mass is 32.2. The van der Waals surface area contributed by atoms with Gasteiger partial charge in [-0.25, -0.2) is 0 Å². The number of nitrogens with one attached hydrogen (secondary N) is 1. The Kier molecular flexibility index (Phi) is 3.32. The molecular formula is C8H12N2O3S. The molecule has 0 heterocycles. The second kappa shape index (κ2) is 4.30. The highest BCUT2D eigenvalue weighted by Gasteiger charge is 2.08. The maximum Gasteiger partial charge on any atom is 0.359 e. The number of hydrogen-bond donors (Lipinski definition) is 2. The number of nitrogen functional groups attached to an aromatic ring is 1. The largest absolute Gasteiger partial charge is 0.399 e. The summed E-state index contributed by atoms with van der Waals surface area (Å²) in [6.07, 6.45) is 0. The van der Waals surface area contributed by atoms with Gasteiger partial charge in [0.15, 0.2) is 0 Å². The Balaban J connectivity index is 2.74. The highest BCUT2D eigenvalue weighted by Crippen LogP contribution is 2.12. The van der Waals surface area contributed by atoms with Crippen LogP contribution in [0.1, 0.15) is 6.92 Å². The van der Waals surface area contributed by atoms with E-state index in [1.54, 1.807) is 31.2 Å². The zero-order valence-electron chi connectivity index (χ0n) is 7.73. The van der Waals surface area contributed by atoms with E-state index in [9.17, 15) is 8.42 Å². The average molecular weight is 216 g/mol. The quantitative estimate of drug-likeness (QED) is 0.734. The summed E-state index contributed by atoms with van der Waals surface area (Å²) in [6, 6.07) is 6.32. The first-order chi connectivity index (χ1) is 6.53. The predicted molar refractivity (Wildman–Crippen MR) is 55.0 cm³/mol. The molecule has 0 spiro atoms. The van der Waals surface area contributed by atoms with Crippen molar-refractivity contribution in [3.63, 3.8) is 0 Å². The van der Waals surface area contributed by atoms with E-state index < -0.39 is 10.3 Å². The standard InChI is InChI=1S/C8H12N2O3S/c1-2-13-14(11,12)10-8-5-3-7(9)4-6-8/h3-6,10H,2,9H2,1H3. The Morgan fingerprint density at radius 2 is 1.93 bits per heavy atom. The molecule has 0 aliphatic rings. The third-order valence-electron chi connectivity index (χ3n) is 1.43. The monoisotopic (exact) mass is 216 g/mol. The molecule has 0 unspecified atom stereocenters. The van der Waals surface area contributed by atoms with Crippen LogP contribution < -0.4 is 10.5 Å². The molecule has 0 radical (unpaired) electrons. The highest BCUT2D eigenvalue weighted by molar-refractivity contribution is 7.88. The summed E-state index contributed by atoms with van der Waals surface area (Å²) in [6.45, 7) is 1.70. The van der Waals surface area contributed by atoms with Crippen molar-refractivity contribution in [3.05, 3.63) is 24.3 Å². The second-order valence-electron chi connectivity index (χ2n) is 2.58. The summed E-state index contributed by atoms with van der Waals surface area (Å²) < 4.78 is 29.0. The molecule has 14 heavy (non-hydrogen) atoms. The topological polar surface area (TPSA) is 81.4 Å². The summed E-state index contributed by atoms with van der Waals surface area (Å²) in [5, 5.41) is 0. The van der Waals surface area contributed by atoms with Gasteiger partial charge in [0.1, 0.15) is 0 Å². The molecular weight excluding hydrogens is 204 g/mol. The lowest BCUT2D eigenvalue weighted by Gasteiger charge is -2.06. The average Bonchev–Trinajstić information content (AvgIpc) is 2.08. The minimum Gasteiger partial charge on any atom is -0.399 e. The van der Waals surface area contributed by atoms with E-state index in [1.807, 2.05) is 0 Å². The molecule has 0 bridgehead atoms. The molecule has 5 nitrogen and oxygen atoms in total. The smallest absolute Gasteiger partial charge is 0.359 e. The maximum atomic E-state index is 11.1. The minimum atomic E-state index is -3.69. The fraction of sp³-hybridized carbons (Fsp3) is 0.250. The summed E-state index contributed by atoms with van der Waals surface area (Å²) >= 11 is 0. The first kappa shape index (κ1) is 10.8. The van der Waals surface area contributed by atoms with Gasteiger partial charge < -0.3 is 5.73 Å². The number of nitrogens with two attached hydrogens (primary N) is 1. The van der Waals surface area contributed by atoms with Crippen LogP contribution in [-0.4, -0.2) is 15.0 Å². The normalized spacial score (nSPS) is 11.2. The van der Waals surface area contributed by atoms with Gasteiger partial charge >= 0.3 is 10.3 Å². The molecule has 0 aliphatic heterocycles. The van der Waals surface area contributed by atoms with Gasteiger partial charge in [-0.05, 0) is 31.2 Å². The van der Waals surface area contributed by atoms with E-state index in [2.05, 4.69) is 8.91 Å². The molecule has 1 aromatic carbocycles. The molecule has 0 saturated carbocycles. The fourth-order valence-corrected chi connectivity index (χ4v) is 1.67. The van der Waals surface area contributed by atoms with E-state index >= 15 is 0 Å². The van der Waals surface area contributed by atoms with Crippen molar-refractivity contribution in [3.8, 4) is 0 Å². The summed E-state index contributed by atoms with van der Waals surface area (Å²) in [5.74, 6) is 0. The number of anilines is 2. The van der Waals surface area contributed by atoms with Crippen molar-refractivity contribution in [1.82, 2.24) is 0 Å². The van der Waals surface area contributed by atoms with Crippen molar-refractivity contribution in [2.45, 2.75) is 6.92 Å². The minimum absolute atomic E-state index is 0.101. The number of benzene rings is 1. The molecule has 1 rings (SSSR count). The molecule has 0 aliphatic carbocycles. The lowest BCUT2D eigenvalue weighted by molar-refractivity contribution is 0.342. The van der Waals surface area contributed by atoms with E-state index in [0.717, 1.165) is 0 Å². The Hall–Kier alpha value is -1.27. The maximum absolute atomic E-state index is 11.1. The Bertz CT molecular complexity index is 386. The van der Waals surface area contributed by atoms with Crippen molar-refractivity contribution in [2.75, 3.05) is 17.1 Å². The van der Waals surface area contributed by atoms with Crippen molar-refractivity contribution in [1.29, 1.82) is 0 Å². The Labute approximate surface area is 83.1 Å². The van der Waals surface area contributed by atoms with Crippen LogP contribution in [0.25, 0.3) is 0 Å². The third kappa shape index (κ3) is 3.23. The predicted octanol–water partition coefficient (Wildman–Crippen LogP) is 0.962. The van der Waals surface area contributed by atoms with Crippen molar-refractivity contribution < 1.29 is 12.6 Å². The summed E-state index contributed by atoms with van der Waals surface area (Å²) in [7, 11) is -3.69. The molecule has 0 atom stereocenters. The van der Waals surface area contributed by atoms with Gasteiger partial charge in [-0.15, -0.1) is 0 Å². The van der Waals surface area contributed by atoms with Crippen LogP contribution in [0.4, 0.5) is 11.4 Å². The first-order valence-electron chi connectivity index (χ1n) is 4.06. The van der Waals surface area contributed by atoms with Gasteiger partial charge in [0, 0.05) is 5.69 Å². The van der Waals surface area contributed by atoms with Gasteiger partial charge in [0.25, 0.3) is 0 Å². The zero-order chi connectivity index (χ0) is 10.6. The van der Waals surface area contributed by atoms with Crippen LogP contribution >= 0.6 is 0 Å². The van der Waals surface area contributed by atoms with Crippen LogP contribution in [0, 0.1) is 0 Å². The van der Waals surface area contributed by atoms with Gasteiger partial charge in [0.2, 0.25) is 0 Å². The van der Waals surface area contributed by atoms with Crippen LogP contribution in [0.2, 0.25) is 0 Å². The van der Waals surface area contributed by atoms with Gasteiger partial charge in [-0.1, -0.05) is 0 Å². The molecule has 1 aromatic rings. The van der Waals surface area contributed by atoms with Gasteiger partial charge in [0.05, 0.1) is 12.3 Å². The van der Waals surface area contributed by atoms with Crippen LogP contribution in [0.5, 0.6) is 0 Å². The molecule has 0 aromatic heterocycles. The molecule has 6 heteroatoms. The van der Waals surface area contributed by atoms with E-state index in [1.165, 1.54) is 0 Å². The molecule has 78 valence electrons. The molecule has 3 N–H and O–H groups in total. The Morgan fingerprint density at radius 3 is 2.43 bits per heavy atom. The van der Waals surface area contributed by atoms with Crippen LogP contribution in [-0.2, 0) is 14.5 Å². The second-order valence-corrected chi connectivity index (χ2v) is 3.93.